The predicted octanol–water partition coefficient (Wildman–Crippen LogP) is 1.46. The van der Waals surface area contributed by atoms with Gasteiger partial charge in [-0.05, 0) is 31.1 Å². The molecule has 90 valence electrons. The number of benzene rings is 1. The summed E-state index contributed by atoms with van der Waals surface area (Å²) in [5, 5.41) is 2.47. The van der Waals surface area contributed by atoms with Gasteiger partial charge in [0.25, 0.3) is 5.91 Å². The summed E-state index contributed by atoms with van der Waals surface area (Å²) in [6, 6.07) is 7.82. The van der Waals surface area contributed by atoms with Crippen LogP contribution in [0.3, 0.4) is 0 Å². The van der Waals surface area contributed by atoms with Crippen molar-refractivity contribution in [2.45, 2.75) is 13.8 Å². The number of guanidine groups is 1. The fourth-order valence-electron chi connectivity index (χ4n) is 1.32. The molecule has 0 atom stereocenters. The monoisotopic (exact) mass is 231 g/mol. The normalized spacial score (nSPS) is 11.8. The van der Waals surface area contributed by atoms with Crippen molar-refractivity contribution in [2.24, 2.45) is 10.7 Å². The topological polar surface area (TPSA) is 67.5 Å². The molecule has 0 spiro atoms. The van der Waals surface area contributed by atoms with Gasteiger partial charge < -0.3 is 5.73 Å². The largest absolute Gasteiger partial charge is 0.370 e. The third-order valence-corrected chi connectivity index (χ3v) is 2.18. The summed E-state index contributed by atoms with van der Waals surface area (Å²) in [7, 11) is 0. The summed E-state index contributed by atoms with van der Waals surface area (Å²) in [6.07, 6.45) is 3.20. The minimum atomic E-state index is -0.275. The molecule has 0 aliphatic heterocycles. The molecule has 4 nitrogen and oxygen atoms in total. The molecule has 1 rings (SSSR count). The van der Waals surface area contributed by atoms with E-state index >= 15 is 0 Å². The Balaban J connectivity index is 2.63. The summed E-state index contributed by atoms with van der Waals surface area (Å²) in [5.74, 6) is -0.130. The second-order valence-electron chi connectivity index (χ2n) is 3.54. The molecule has 0 aliphatic carbocycles. The van der Waals surface area contributed by atoms with E-state index in [2.05, 4.69) is 10.3 Å². The molecule has 0 heterocycles. The Bertz CT molecular complexity index is 450. The van der Waals surface area contributed by atoms with Crippen LogP contribution in [0, 0.1) is 6.92 Å². The van der Waals surface area contributed by atoms with Crippen LogP contribution in [0.2, 0.25) is 0 Å². The maximum absolute atomic E-state index is 11.5. The van der Waals surface area contributed by atoms with E-state index in [0.717, 1.165) is 11.1 Å². The molecule has 0 aromatic heterocycles. The van der Waals surface area contributed by atoms with Crippen molar-refractivity contribution in [3.05, 3.63) is 41.5 Å². The summed E-state index contributed by atoms with van der Waals surface area (Å²) >= 11 is 0. The highest BCUT2D eigenvalue weighted by molar-refractivity contribution is 6.03. The van der Waals surface area contributed by atoms with Crippen molar-refractivity contribution in [1.29, 1.82) is 0 Å². The zero-order chi connectivity index (χ0) is 12.7. The van der Waals surface area contributed by atoms with Gasteiger partial charge in [0, 0.05) is 12.6 Å². The highest BCUT2D eigenvalue weighted by atomic mass is 16.1. The fraction of sp³-hybridized carbons (Fsp3) is 0.231. The molecule has 0 saturated carbocycles. The number of carbonyl (C=O) groups is 1. The lowest BCUT2D eigenvalue weighted by Gasteiger charge is -2.00. The molecule has 0 radical (unpaired) electrons. The average Bonchev–Trinajstić information content (AvgIpc) is 2.28. The number of hydrogen-bond donors (Lipinski definition) is 2. The van der Waals surface area contributed by atoms with Crippen molar-refractivity contribution < 1.29 is 4.79 Å². The Labute approximate surface area is 101 Å². The lowest BCUT2D eigenvalue weighted by atomic mass is 10.1. The Morgan fingerprint density at radius 1 is 1.47 bits per heavy atom. The standard InChI is InChI=1S/C13H17N3O/c1-3-15-13(14)16-12(17)9-8-11-7-5-4-6-10(11)2/h4-9H,3H2,1-2H3,(H3,14,15,16,17)/b9-8+. The molecule has 0 bridgehead atoms. The number of amides is 1. The number of hydrogen-bond acceptors (Lipinski definition) is 2. The first-order valence-electron chi connectivity index (χ1n) is 5.48. The number of aryl methyl sites for hydroxylation is 1. The number of nitrogens with one attached hydrogen (secondary N) is 1. The maximum Gasteiger partial charge on any atom is 0.250 e. The van der Waals surface area contributed by atoms with Gasteiger partial charge in [0.05, 0.1) is 0 Å². The van der Waals surface area contributed by atoms with Crippen molar-refractivity contribution in [2.75, 3.05) is 6.54 Å². The molecule has 4 heteroatoms. The number of nitrogens with two attached hydrogens (primary N) is 1. The van der Waals surface area contributed by atoms with Crippen LogP contribution in [0.4, 0.5) is 0 Å². The van der Waals surface area contributed by atoms with Gasteiger partial charge in [-0.25, -0.2) is 0 Å². The fourth-order valence-corrected chi connectivity index (χ4v) is 1.32. The molecule has 1 amide bonds. The van der Waals surface area contributed by atoms with Crippen LogP contribution < -0.4 is 11.1 Å². The van der Waals surface area contributed by atoms with E-state index in [4.69, 9.17) is 5.73 Å². The quantitative estimate of drug-likeness (QED) is 0.470. The third-order valence-electron chi connectivity index (χ3n) is 2.18. The van der Waals surface area contributed by atoms with Gasteiger partial charge in [-0.2, -0.15) is 0 Å². The van der Waals surface area contributed by atoms with Crippen molar-refractivity contribution in [3.63, 3.8) is 0 Å². The van der Waals surface area contributed by atoms with Crippen LogP contribution in [0.1, 0.15) is 18.1 Å². The lowest BCUT2D eigenvalue weighted by Crippen LogP contribution is -2.35. The first-order valence-corrected chi connectivity index (χ1v) is 5.48. The Morgan fingerprint density at radius 3 is 2.82 bits per heavy atom. The summed E-state index contributed by atoms with van der Waals surface area (Å²) in [6.45, 7) is 4.39. The Hall–Kier alpha value is -2.10. The van der Waals surface area contributed by atoms with E-state index in [1.165, 1.54) is 6.08 Å². The van der Waals surface area contributed by atoms with Gasteiger partial charge in [-0.3, -0.25) is 15.1 Å². The van der Waals surface area contributed by atoms with E-state index in [1.54, 1.807) is 6.08 Å². The number of aliphatic imine (C=N–C) groups is 1. The van der Waals surface area contributed by atoms with Crippen LogP contribution in [0.15, 0.2) is 35.3 Å². The van der Waals surface area contributed by atoms with Gasteiger partial charge in [0.15, 0.2) is 5.96 Å². The van der Waals surface area contributed by atoms with Crippen LogP contribution in [-0.4, -0.2) is 18.4 Å². The second kappa shape index (κ2) is 6.48. The van der Waals surface area contributed by atoms with Gasteiger partial charge in [-0.15, -0.1) is 0 Å². The minimum Gasteiger partial charge on any atom is -0.370 e. The summed E-state index contributed by atoms with van der Waals surface area (Å²) in [5.41, 5.74) is 7.59. The van der Waals surface area contributed by atoms with Crippen molar-refractivity contribution >= 4 is 17.9 Å². The van der Waals surface area contributed by atoms with Gasteiger partial charge >= 0.3 is 0 Å². The number of carbonyl (C=O) groups excluding carboxylic acids is 1. The summed E-state index contributed by atoms with van der Waals surface area (Å²) < 4.78 is 0. The minimum absolute atomic E-state index is 0.145. The van der Waals surface area contributed by atoms with Gasteiger partial charge in [-0.1, -0.05) is 24.3 Å². The molecule has 0 aliphatic rings. The van der Waals surface area contributed by atoms with Gasteiger partial charge in [0.1, 0.15) is 0 Å². The molecule has 0 unspecified atom stereocenters. The molecular formula is C13H17N3O. The first-order chi connectivity index (χ1) is 8.13. The highest BCUT2D eigenvalue weighted by Gasteiger charge is 1.98. The predicted molar refractivity (Wildman–Crippen MR) is 70.5 cm³/mol. The lowest BCUT2D eigenvalue weighted by molar-refractivity contribution is -0.115. The number of nitrogens with zero attached hydrogens (tertiary/aromatic N) is 1. The smallest absolute Gasteiger partial charge is 0.250 e. The van der Waals surface area contributed by atoms with Crippen molar-refractivity contribution in [3.8, 4) is 0 Å². The highest BCUT2D eigenvalue weighted by Crippen LogP contribution is 2.08. The Kier molecular flexibility index (Phi) is 4.94. The molecule has 0 saturated heterocycles. The molecule has 1 aromatic rings. The van der Waals surface area contributed by atoms with Crippen LogP contribution >= 0.6 is 0 Å². The van der Waals surface area contributed by atoms with E-state index < -0.39 is 0 Å². The first kappa shape index (κ1) is 13.0. The molecule has 3 N–H and O–H groups in total. The van der Waals surface area contributed by atoms with Gasteiger partial charge in [0.2, 0.25) is 0 Å². The van der Waals surface area contributed by atoms with E-state index in [-0.39, 0.29) is 11.9 Å². The molecule has 0 fully saturated rings. The second-order valence-corrected chi connectivity index (χ2v) is 3.54. The van der Waals surface area contributed by atoms with Crippen LogP contribution in [0.5, 0.6) is 0 Å². The number of rotatable bonds is 3. The van der Waals surface area contributed by atoms with E-state index in [9.17, 15) is 4.79 Å². The van der Waals surface area contributed by atoms with Crippen molar-refractivity contribution in [1.82, 2.24) is 5.32 Å². The zero-order valence-electron chi connectivity index (χ0n) is 10.1. The zero-order valence-corrected chi connectivity index (χ0v) is 10.1. The van der Waals surface area contributed by atoms with Crippen LogP contribution in [-0.2, 0) is 4.79 Å². The average molecular weight is 231 g/mol. The maximum atomic E-state index is 11.5. The Morgan fingerprint density at radius 2 is 2.18 bits per heavy atom. The summed E-state index contributed by atoms with van der Waals surface area (Å²) in [4.78, 5) is 15.3. The SMILES string of the molecule is CCN=C(N)NC(=O)/C=C/c1ccccc1C. The molecule has 1 aromatic carbocycles. The van der Waals surface area contributed by atoms with E-state index in [0.29, 0.717) is 6.54 Å². The molecule has 17 heavy (non-hydrogen) atoms. The third kappa shape index (κ3) is 4.51. The van der Waals surface area contributed by atoms with Crippen LogP contribution in [0.25, 0.3) is 6.08 Å². The molecular weight excluding hydrogens is 214 g/mol. The van der Waals surface area contributed by atoms with E-state index in [1.807, 2.05) is 38.1 Å².